The first-order valence-corrected chi connectivity index (χ1v) is 12.6. The largest absolute Gasteiger partial charge is 0.497 e. The molecule has 3 atom stereocenters. The number of benzene rings is 2. The molecule has 0 saturated heterocycles. The fourth-order valence-electron chi connectivity index (χ4n) is 5.40. The van der Waals surface area contributed by atoms with E-state index in [4.69, 9.17) is 9.47 Å². The Bertz CT molecular complexity index is 1420. The lowest BCUT2D eigenvalue weighted by atomic mass is 9.75. The zero-order chi connectivity index (χ0) is 25.1. The van der Waals surface area contributed by atoms with Crippen LogP contribution in [0.4, 0.5) is 0 Å². The van der Waals surface area contributed by atoms with E-state index >= 15 is 0 Å². The Morgan fingerprint density at radius 3 is 2.56 bits per heavy atom. The fourth-order valence-corrected chi connectivity index (χ4v) is 5.40. The first-order chi connectivity index (χ1) is 17.5. The standard InChI is InChI=1S/C31H33N3O2/c1-20-5-6-23-7-12-28(35-4)17-26(23)15-21(2)31(20)24-8-10-27(11-9-24)36-19-30-29(18-33-34-30)25-13-14-32-22(3)16-25/h6-18,20-21,31H,5,19H2,1-4H3,(H,33,34)/p+1/b23-6+,26-15-. The maximum atomic E-state index is 6.15. The predicted octanol–water partition coefficient (Wildman–Crippen LogP) is 3.77. The van der Waals surface area contributed by atoms with Crippen LogP contribution in [0.2, 0.25) is 0 Å². The van der Waals surface area contributed by atoms with E-state index in [0.717, 1.165) is 40.5 Å². The van der Waals surface area contributed by atoms with Gasteiger partial charge in [0.05, 0.1) is 12.7 Å². The molecule has 3 unspecified atom stereocenters. The third-order valence-corrected chi connectivity index (χ3v) is 7.26. The predicted molar refractivity (Wildman–Crippen MR) is 145 cm³/mol. The zero-order valence-corrected chi connectivity index (χ0v) is 21.4. The van der Waals surface area contributed by atoms with E-state index in [1.54, 1.807) is 7.11 Å². The van der Waals surface area contributed by atoms with E-state index in [1.165, 1.54) is 16.0 Å². The van der Waals surface area contributed by atoms with Gasteiger partial charge in [-0.3, -0.25) is 4.98 Å². The summed E-state index contributed by atoms with van der Waals surface area (Å²) >= 11 is 0. The summed E-state index contributed by atoms with van der Waals surface area (Å²) in [6.45, 7) is 7.11. The van der Waals surface area contributed by atoms with Crippen molar-refractivity contribution in [3.05, 3.63) is 94.3 Å². The molecule has 36 heavy (non-hydrogen) atoms. The Morgan fingerprint density at radius 1 is 0.972 bits per heavy atom. The molecule has 1 aliphatic carbocycles. The van der Waals surface area contributed by atoms with Crippen molar-refractivity contribution < 1.29 is 14.9 Å². The number of aryl methyl sites for hydroxylation is 1. The summed E-state index contributed by atoms with van der Waals surface area (Å²) < 4.78 is 11.6. The molecule has 0 saturated carbocycles. The summed E-state index contributed by atoms with van der Waals surface area (Å²) in [6, 6.07) is 19.1. The van der Waals surface area contributed by atoms with Crippen LogP contribution >= 0.6 is 0 Å². The number of methoxy groups -OCH3 is 1. The highest BCUT2D eigenvalue weighted by Gasteiger charge is 2.25. The molecule has 0 bridgehead atoms. The van der Waals surface area contributed by atoms with Crippen LogP contribution in [0.3, 0.4) is 0 Å². The van der Waals surface area contributed by atoms with Crippen molar-refractivity contribution in [2.75, 3.05) is 13.7 Å². The Hall–Kier alpha value is -3.70. The number of rotatable bonds is 6. The monoisotopic (exact) mass is 480 g/mol. The van der Waals surface area contributed by atoms with E-state index < -0.39 is 0 Å². The average Bonchev–Trinajstić information content (AvgIpc) is 3.35. The second-order valence-corrected chi connectivity index (χ2v) is 9.81. The normalized spacial score (nSPS) is 23.1. The summed E-state index contributed by atoms with van der Waals surface area (Å²) in [6.07, 6.45) is 9.67. The highest BCUT2D eigenvalue weighted by molar-refractivity contribution is 6.24. The molecule has 0 fully saturated rings. The minimum Gasteiger partial charge on any atom is -0.497 e. The Balaban J connectivity index is 1.30. The SMILES string of the molecule is COc1ccc2/c(c1)=C\C(C)C(c1ccc(OCC3=N[NH2+]C=C3c3ccnc(C)c3)cc1)C(C)C/C=2. The summed E-state index contributed by atoms with van der Waals surface area (Å²) in [5, 5.41) is 7.08. The second-order valence-electron chi connectivity index (χ2n) is 9.81. The van der Waals surface area contributed by atoms with Crippen LogP contribution in [-0.2, 0) is 0 Å². The minimum atomic E-state index is 0.395. The van der Waals surface area contributed by atoms with Gasteiger partial charge in [0.15, 0.2) is 0 Å². The molecule has 5 heteroatoms. The van der Waals surface area contributed by atoms with Crippen molar-refractivity contribution in [2.24, 2.45) is 16.9 Å². The van der Waals surface area contributed by atoms with Crippen molar-refractivity contribution in [2.45, 2.75) is 33.1 Å². The maximum Gasteiger partial charge on any atom is 0.147 e. The number of fused-ring (bicyclic) bond motifs is 1. The number of ether oxygens (including phenoxy) is 2. The molecule has 0 radical (unpaired) electrons. The second kappa shape index (κ2) is 10.5. The van der Waals surface area contributed by atoms with E-state index in [0.29, 0.717) is 24.4 Å². The van der Waals surface area contributed by atoms with Crippen LogP contribution in [-0.4, -0.2) is 24.4 Å². The highest BCUT2D eigenvalue weighted by Crippen LogP contribution is 2.36. The molecule has 0 amide bonds. The quantitative estimate of drug-likeness (QED) is 0.547. The van der Waals surface area contributed by atoms with Gasteiger partial charge in [0.1, 0.15) is 30.0 Å². The van der Waals surface area contributed by atoms with Crippen molar-refractivity contribution in [3.8, 4) is 11.5 Å². The third-order valence-electron chi connectivity index (χ3n) is 7.26. The van der Waals surface area contributed by atoms with Crippen LogP contribution < -0.4 is 25.3 Å². The summed E-state index contributed by atoms with van der Waals surface area (Å²) in [4.78, 5) is 4.30. The van der Waals surface area contributed by atoms with Crippen LogP contribution in [0.15, 0.2) is 72.1 Å². The van der Waals surface area contributed by atoms with Gasteiger partial charge >= 0.3 is 0 Å². The Kier molecular flexibility index (Phi) is 7.01. The molecule has 5 rings (SSSR count). The first-order valence-electron chi connectivity index (χ1n) is 12.6. The van der Waals surface area contributed by atoms with Crippen molar-refractivity contribution in [1.29, 1.82) is 0 Å². The molecule has 5 nitrogen and oxygen atoms in total. The number of nitrogens with zero attached hydrogens (tertiary/aromatic N) is 2. The number of aromatic nitrogens is 1. The van der Waals surface area contributed by atoms with Gasteiger partial charge in [-0.1, -0.05) is 49.3 Å². The molecule has 1 aliphatic heterocycles. The number of hydrogen-bond acceptors (Lipinski definition) is 4. The molecular formula is C31H34N3O2+. The van der Waals surface area contributed by atoms with Crippen molar-refractivity contribution in [1.82, 2.24) is 4.98 Å². The lowest BCUT2D eigenvalue weighted by Crippen LogP contribution is -2.69. The van der Waals surface area contributed by atoms with E-state index in [-0.39, 0.29) is 0 Å². The molecule has 2 aromatic carbocycles. The number of pyridine rings is 1. The number of nitrogens with two attached hydrogens (primary N) is 1. The van der Waals surface area contributed by atoms with Crippen molar-refractivity contribution in [3.63, 3.8) is 0 Å². The van der Waals surface area contributed by atoms with E-state index in [1.807, 2.05) is 36.9 Å². The fraction of sp³-hybridized carbons (Fsp3) is 0.290. The topological polar surface area (TPSA) is 60.3 Å². The molecule has 2 N–H and O–H groups in total. The molecule has 2 heterocycles. The van der Waals surface area contributed by atoms with Crippen LogP contribution in [0, 0.1) is 18.8 Å². The Morgan fingerprint density at radius 2 is 1.78 bits per heavy atom. The van der Waals surface area contributed by atoms with Crippen LogP contribution in [0.1, 0.15) is 43.0 Å². The van der Waals surface area contributed by atoms with Gasteiger partial charge in [-0.25, -0.2) is 0 Å². The summed E-state index contributed by atoms with van der Waals surface area (Å²) in [5.74, 6) is 3.10. The highest BCUT2D eigenvalue weighted by atomic mass is 16.5. The zero-order valence-electron chi connectivity index (χ0n) is 21.4. The van der Waals surface area contributed by atoms with Crippen LogP contribution in [0.25, 0.3) is 17.7 Å². The number of hydrogen-bond donors (Lipinski definition) is 1. The Labute approximate surface area is 212 Å². The smallest absolute Gasteiger partial charge is 0.147 e. The van der Waals surface area contributed by atoms with E-state index in [2.05, 4.69) is 78.5 Å². The molecule has 0 spiro atoms. The van der Waals surface area contributed by atoms with Gasteiger partial charge < -0.3 is 9.47 Å². The van der Waals surface area contributed by atoms with Crippen molar-refractivity contribution >= 4 is 23.4 Å². The average molecular weight is 481 g/mol. The van der Waals surface area contributed by atoms with Gasteiger partial charge in [0.25, 0.3) is 0 Å². The first kappa shape index (κ1) is 24.0. The molecule has 1 aromatic heterocycles. The lowest BCUT2D eigenvalue weighted by Gasteiger charge is -2.29. The summed E-state index contributed by atoms with van der Waals surface area (Å²) in [7, 11) is 1.72. The molecule has 3 aromatic rings. The van der Waals surface area contributed by atoms with Gasteiger partial charge in [-0.2, -0.15) is 5.43 Å². The maximum absolute atomic E-state index is 6.15. The molecular weight excluding hydrogens is 446 g/mol. The van der Waals surface area contributed by atoms with Gasteiger partial charge in [0.2, 0.25) is 0 Å². The third kappa shape index (κ3) is 5.12. The summed E-state index contributed by atoms with van der Waals surface area (Å²) in [5.41, 5.74) is 7.33. The van der Waals surface area contributed by atoms with Gasteiger partial charge in [0, 0.05) is 11.9 Å². The minimum absolute atomic E-state index is 0.395. The van der Waals surface area contributed by atoms with E-state index in [9.17, 15) is 0 Å². The molecule has 184 valence electrons. The lowest BCUT2D eigenvalue weighted by molar-refractivity contribution is -0.589. The van der Waals surface area contributed by atoms with Gasteiger partial charge in [-0.05, 0) is 89.1 Å². The molecule has 2 aliphatic rings. The number of quaternary nitrogens is 1. The van der Waals surface area contributed by atoms with Crippen LogP contribution in [0.5, 0.6) is 11.5 Å². The van der Waals surface area contributed by atoms with Gasteiger partial charge in [-0.15, -0.1) is 0 Å².